The summed E-state index contributed by atoms with van der Waals surface area (Å²) in [5.74, 6) is 0.656. The van der Waals surface area contributed by atoms with E-state index in [-0.39, 0.29) is 17.6 Å². The molecule has 5 heteroatoms. The first-order chi connectivity index (χ1) is 7.62. The first-order valence-electron chi connectivity index (χ1n) is 5.00. The average Bonchev–Trinajstić information content (AvgIpc) is 2.47. The average molecular weight is 250 g/mol. The molecule has 0 aliphatic carbocycles. The maximum atomic E-state index is 12.7. The molecule has 1 unspecified atom stereocenters. The zero-order valence-corrected chi connectivity index (χ0v) is 9.97. The van der Waals surface area contributed by atoms with Crippen LogP contribution in [-0.4, -0.2) is 31.2 Å². The van der Waals surface area contributed by atoms with Crippen molar-refractivity contribution >= 4 is 17.3 Å². The molecule has 1 atom stereocenters. The van der Waals surface area contributed by atoms with Crippen LogP contribution in [0.15, 0.2) is 28.5 Å². The molecule has 1 rings (SSSR count). The summed E-state index contributed by atoms with van der Waals surface area (Å²) in [6, 6.07) is -0.282. The van der Waals surface area contributed by atoms with Crippen molar-refractivity contribution in [3.63, 3.8) is 0 Å². The highest BCUT2D eigenvalue weighted by Gasteiger charge is 2.19. The minimum atomic E-state index is -2.59. The van der Waals surface area contributed by atoms with Gasteiger partial charge in [-0.3, -0.25) is 4.99 Å². The minimum absolute atomic E-state index is 0.127. The second-order valence-electron chi connectivity index (χ2n) is 3.37. The topological polar surface area (TPSA) is 21.6 Å². The number of hydrogen-bond acceptors (Lipinski definition) is 2. The van der Waals surface area contributed by atoms with E-state index in [0.717, 1.165) is 0 Å². The van der Waals surface area contributed by atoms with Crippen LogP contribution in [0, 0.1) is 0 Å². The highest BCUT2D eigenvalue weighted by molar-refractivity contribution is 6.20. The van der Waals surface area contributed by atoms with Crippen molar-refractivity contribution in [3.8, 4) is 0 Å². The molecule has 0 spiro atoms. The van der Waals surface area contributed by atoms with Gasteiger partial charge in [0.05, 0.1) is 19.0 Å². The fourth-order valence-electron chi connectivity index (χ4n) is 1.43. The molecule has 0 aromatic heterocycles. The molecule has 0 radical (unpaired) electrons. The van der Waals surface area contributed by atoms with Gasteiger partial charge in [-0.2, -0.15) is 0 Å². The summed E-state index contributed by atoms with van der Waals surface area (Å²) in [5.41, 5.74) is 0.310. The summed E-state index contributed by atoms with van der Waals surface area (Å²) in [4.78, 5) is 3.97. The monoisotopic (exact) mass is 249 g/mol. The van der Waals surface area contributed by atoms with Gasteiger partial charge < -0.3 is 4.74 Å². The fraction of sp³-hybridized carbons (Fsp3) is 0.545. The third-order valence-corrected chi connectivity index (χ3v) is 2.59. The van der Waals surface area contributed by atoms with Gasteiger partial charge in [0.25, 0.3) is 6.43 Å². The molecule has 1 aliphatic heterocycles. The Morgan fingerprint density at radius 2 is 2.25 bits per heavy atom. The second kappa shape index (κ2) is 5.99. The SMILES string of the molecule is CCC1C=C(OC)C(CCl)=CC(C(F)F)=N1. The van der Waals surface area contributed by atoms with Gasteiger partial charge in [0.2, 0.25) is 0 Å². The van der Waals surface area contributed by atoms with Crippen molar-refractivity contribution in [1.82, 2.24) is 0 Å². The highest BCUT2D eigenvalue weighted by Crippen LogP contribution is 2.21. The van der Waals surface area contributed by atoms with E-state index in [1.54, 1.807) is 6.08 Å². The molecule has 0 amide bonds. The van der Waals surface area contributed by atoms with Crippen LogP contribution in [-0.2, 0) is 4.74 Å². The van der Waals surface area contributed by atoms with E-state index in [1.165, 1.54) is 13.2 Å². The summed E-state index contributed by atoms with van der Waals surface area (Å²) >= 11 is 5.70. The van der Waals surface area contributed by atoms with E-state index >= 15 is 0 Å². The Hall–Kier alpha value is -0.900. The van der Waals surface area contributed by atoms with Gasteiger partial charge in [-0.25, -0.2) is 8.78 Å². The lowest BCUT2D eigenvalue weighted by Crippen LogP contribution is -2.11. The van der Waals surface area contributed by atoms with Crippen molar-refractivity contribution in [2.45, 2.75) is 25.8 Å². The molecule has 1 heterocycles. The Morgan fingerprint density at radius 1 is 1.56 bits per heavy atom. The Kier molecular flexibility index (Phi) is 4.93. The first kappa shape index (κ1) is 13.2. The zero-order valence-electron chi connectivity index (χ0n) is 9.21. The van der Waals surface area contributed by atoms with Crippen LogP contribution < -0.4 is 0 Å². The van der Waals surface area contributed by atoms with Gasteiger partial charge in [-0.1, -0.05) is 6.92 Å². The Labute approximate surface area is 98.6 Å². The van der Waals surface area contributed by atoms with E-state index in [0.29, 0.717) is 17.8 Å². The lowest BCUT2D eigenvalue weighted by Gasteiger charge is -2.08. The lowest BCUT2D eigenvalue weighted by molar-refractivity contribution is 0.226. The van der Waals surface area contributed by atoms with Crippen LogP contribution >= 0.6 is 11.6 Å². The molecule has 2 nitrogen and oxygen atoms in total. The maximum absolute atomic E-state index is 12.7. The van der Waals surface area contributed by atoms with Gasteiger partial charge in [0.1, 0.15) is 11.5 Å². The minimum Gasteiger partial charge on any atom is -0.497 e. The van der Waals surface area contributed by atoms with Crippen LogP contribution in [0.1, 0.15) is 13.3 Å². The second-order valence-corrected chi connectivity index (χ2v) is 3.64. The normalized spacial score (nSPS) is 21.1. The largest absolute Gasteiger partial charge is 0.497 e. The molecule has 0 aromatic carbocycles. The van der Waals surface area contributed by atoms with E-state index in [4.69, 9.17) is 16.3 Å². The molecular weight excluding hydrogens is 236 g/mol. The predicted octanol–water partition coefficient (Wildman–Crippen LogP) is 3.18. The molecule has 90 valence electrons. The number of halogens is 3. The lowest BCUT2D eigenvalue weighted by atomic mass is 10.1. The molecule has 1 aliphatic rings. The summed E-state index contributed by atoms with van der Waals surface area (Å²) in [6.07, 6.45) is 1.09. The van der Waals surface area contributed by atoms with Crippen LogP contribution in [0.5, 0.6) is 0 Å². The van der Waals surface area contributed by atoms with Crippen molar-refractivity contribution in [2.75, 3.05) is 13.0 Å². The maximum Gasteiger partial charge on any atom is 0.279 e. The third kappa shape index (κ3) is 3.04. The van der Waals surface area contributed by atoms with Crippen molar-refractivity contribution < 1.29 is 13.5 Å². The summed E-state index contributed by atoms with van der Waals surface area (Å²) in [6.45, 7) is 1.88. The number of rotatable bonds is 4. The van der Waals surface area contributed by atoms with E-state index in [1.807, 2.05) is 6.92 Å². The fourth-order valence-corrected chi connectivity index (χ4v) is 1.64. The van der Waals surface area contributed by atoms with Gasteiger partial charge in [0.15, 0.2) is 0 Å². The molecular formula is C11H14ClF2NO. The van der Waals surface area contributed by atoms with E-state index < -0.39 is 6.43 Å². The van der Waals surface area contributed by atoms with Gasteiger partial charge in [-0.05, 0) is 18.6 Å². The molecule has 0 fully saturated rings. The standard InChI is InChI=1S/C11H14ClF2NO/c1-3-8-5-10(16-2)7(6-12)4-9(15-8)11(13)14/h4-5,8,11H,3,6H2,1-2H3. The van der Waals surface area contributed by atoms with E-state index in [9.17, 15) is 8.78 Å². The quantitative estimate of drug-likeness (QED) is 0.702. The van der Waals surface area contributed by atoms with E-state index in [2.05, 4.69) is 4.99 Å². The number of aliphatic imine (C=N–C) groups is 1. The Bertz CT molecular complexity index is 337. The van der Waals surface area contributed by atoms with Crippen molar-refractivity contribution in [2.24, 2.45) is 4.99 Å². The predicted molar refractivity (Wildman–Crippen MR) is 61.4 cm³/mol. The smallest absolute Gasteiger partial charge is 0.279 e. The number of hydrogen-bond donors (Lipinski definition) is 0. The number of methoxy groups -OCH3 is 1. The molecule has 0 N–H and O–H groups in total. The van der Waals surface area contributed by atoms with Crippen molar-refractivity contribution in [1.29, 1.82) is 0 Å². The number of nitrogens with zero attached hydrogens (tertiary/aromatic N) is 1. The van der Waals surface area contributed by atoms with Gasteiger partial charge >= 0.3 is 0 Å². The molecule has 0 saturated heterocycles. The van der Waals surface area contributed by atoms with Gasteiger partial charge in [-0.15, -0.1) is 11.6 Å². The third-order valence-electron chi connectivity index (χ3n) is 2.30. The first-order valence-corrected chi connectivity index (χ1v) is 5.54. The van der Waals surface area contributed by atoms with Gasteiger partial charge in [0, 0.05) is 5.57 Å². The highest BCUT2D eigenvalue weighted by atomic mass is 35.5. The van der Waals surface area contributed by atoms with Crippen LogP contribution in [0.3, 0.4) is 0 Å². The molecule has 16 heavy (non-hydrogen) atoms. The molecule has 0 saturated carbocycles. The summed E-state index contributed by atoms with van der Waals surface area (Å²) < 4.78 is 30.5. The molecule has 0 bridgehead atoms. The zero-order chi connectivity index (χ0) is 12.1. The van der Waals surface area contributed by atoms with Crippen LogP contribution in [0.2, 0.25) is 0 Å². The number of allylic oxidation sites excluding steroid dienone is 2. The summed E-state index contributed by atoms with van der Waals surface area (Å²) in [5, 5.41) is 0. The molecule has 0 aromatic rings. The summed E-state index contributed by atoms with van der Waals surface area (Å²) in [7, 11) is 1.49. The number of alkyl halides is 3. The van der Waals surface area contributed by atoms with Crippen LogP contribution in [0.4, 0.5) is 8.78 Å². The Morgan fingerprint density at radius 3 is 2.69 bits per heavy atom. The Balaban J connectivity index is 3.11. The van der Waals surface area contributed by atoms with Crippen molar-refractivity contribution in [3.05, 3.63) is 23.5 Å². The number of ether oxygens (including phenoxy) is 1. The van der Waals surface area contributed by atoms with Crippen LogP contribution in [0.25, 0.3) is 0 Å².